The molecule has 0 spiro atoms. The number of benzene rings is 2. The van der Waals surface area contributed by atoms with Crippen LogP contribution in [0.15, 0.2) is 48.5 Å². The summed E-state index contributed by atoms with van der Waals surface area (Å²) in [6.45, 7) is 7.47. The number of piperidine rings is 1. The Hall–Kier alpha value is -3.37. The molecule has 0 aromatic heterocycles. The maximum Gasteiger partial charge on any atom is 0.338 e. The van der Waals surface area contributed by atoms with Crippen molar-refractivity contribution in [3.63, 3.8) is 0 Å². The second-order valence-corrected chi connectivity index (χ2v) is 10.1. The highest BCUT2D eigenvalue weighted by molar-refractivity contribution is 7.80. The van der Waals surface area contributed by atoms with Gasteiger partial charge in [0.1, 0.15) is 11.9 Å². The van der Waals surface area contributed by atoms with Crippen molar-refractivity contribution in [1.29, 1.82) is 0 Å². The molecule has 2 aromatic rings. The minimum absolute atomic E-state index is 0.104. The predicted molar refractivity (Wildman–Crippen MR) is 147 cm³/mol. The molecular formula is C28H33FN4O4S. The van der Waals surface area contributed by atoms with Crippen LogP contribution in [0.25, 0.3) is 0 Å². The number of likely N-dealkylation sites (tertiary alicyclic amines) is 1. The van der Waals surface area contributed by atoms with Crippen LogP contribution in [-0.4, -0.2) is 71.5 Å². The van der Waals surface area contributed by atoms with Crippen LogP contribution in [0.1, 0.15) is 43.5 Å². The lowest BCUT2D eigenvalue weighted by atomic mass is 9.99. The van der Waals surface area contributed by atoms with Gasteiger partial charge in [-0.25, -0.2) is 9.18 Å². The molecule has 2 saturated heterocycles. The van der Waals surface area contributed by atoms with E-state index in [2.05, 4.69) is 17.1 Å². The smallest absolute Gasteiger partial charge is 0.338 e. The van der Waals surface area contributed by atoms with Crippen molar-refractivity contribution >= 4 is 46.5 Å². The fraction of sp³-hybridized carbons (Fsp3) is 0.429. The van der Waals surface area contributed by atoms with E-state index in [9.17, 15) is 18.8 Å². The molecule has 0 aliphatic carbocycles. The Balaban J connectivity index is 1.47. The van der Waals surface area contributed by atoms with Crippen LogP contribution in [-0.2, 0) is 14.3 Å². The molecule has 1 N–H and O–H groups in total. The number of rotatable bonds is 9. The molecule has 2 fully saturated rings. The third-order valence-corrected chi connectivity index (χ3v) is 7.41. The number of halogens is 1. The van der Waals surface area contributed by atoms with Crippen molar-refractivity contribution in [2.45, 2.75) is 39.2 Å². The van der Waals surface area contributed by atoms with Gasteiger partial charge in [0.05, 0.1) is 24.3 Å². The molecule has 4 rings (SSSR count). The number of anilines is 2. The Morgan fingerprint density at radius 1 is 1.05 bits per heavy atom. The number of carbonyl (C=O) groups excluding carboxylic acids is 3. The first-order valence-corrected chi connectivity index (χ1v) is 13.4. The van der Waals surface area contributed by atoms with Crippen LogP contribution in [0.3, 0.4) is 0 Å². The van der Waals surface area contributed by atoms with Crippen molar-refractivity contribution in [2.24, 2.45) is 5.92 Å². The number of nitrogens with zero attached hydrogens (tertiary/aromatic N) is 3. The minimum Gasteiger partial charge on any atom is -0.462 e. The van der Waals surface area contributed by atoms with Gasteiger partial charge in [-0.15, -0.1) is 0 Å². The van der Waals surface area contributed by atoms with E-state index in [1.165, 1.54) is 29.2 Å². The predicted octanol–water partition coefficient (Wildman–Crippen LogP) is 4.07. The minimum atomic E-state index is -0.782. The fourth-order valence-corrected chi connectivity index (χ4v) is 5.16. The Morgan fingerprint density at radius 2 is 1.71 bits per heavy atom. The van der Waals surface area contributed by atoms with Crippen molar-refractivity contribution in [3.8, 4) is 0 Å². The second kappa shape index (κ2) is 12.4. The first kappa shape index (κ1) is 27.7. The number of carbonyl (C=O) groups is 3. The number of nitrogens with one attached hydrogen (secondary N) is 1. The van der Waals surface area contributed by atoms with Gasteiger partial charge in [0, 0.05) is 18.8 Å². The molecule has 8 nitrogen and oxygen atoms in total. The zero-order chi connectivity index (χ0) is 27.2. The van der Waals surface area contributed by atoms with Gasteiger partial charge in [0.15, 0.2) is 5.11 Å². The summed E-state index contributed by atoms with van der Waals surface area (Å²) in [4.78, 5) is 44.0. The third kappa shape index (κ3) is 6.54. The Labute approximate surface area is 227 Å². The molecule has 1 atom stereocenters. The maximum atomic E-state index is 13.5. The second-order valence-electron chi connectivity index (χ2n) is 9.72. The van der Waals surface area contributed by atoms with Crippen molar-refractivity contribution < 1.29 is 23.5 Å². The summed E-state index contributed by atoms with van der Waals surface area (Å²) in [5.41, 5.74) is 1.35. The molecule has 0 radical (unpaired) electrons. The monoisotopic (exact) mass is 540 g/mol. The van der Waals surface area contributed by atoms with Crippen LogP contribution in [0, 0.1) is 11.7 Å². The molecular weight excluding hydrogens is 507 g/mol. The van der Waals surface area contributed by atoms with Gasteiger partial charge in [-0.05, 0) is 99.5 Å². The van der Waals surface area contributed by atoms with Gasteiger partial charge in [-0.3, -0.25) is 14.5 Å². The van der Waals surface area contributed by atoms with Crippen LogP contribution in [0.2, 0.25) is 0 Å². The number of esters is 1. The molecule has 0 unspecified atom stereocenters. The number of ether oxygens (including phenoxy) is 1. The number of thiocarbonyl (C=S) groups is 1. The molecule has 0 saturated carbocycles. The average molecular weight is 541 g/mol. The van der Waals surface area contributed by atoms with E-state index in [1.54, 1.807) is 31.2 Å². The lowest BCUT2D eigenvalue weighted by Gasteiger charge is -2.32. The van der Waals surface area contributed by atoms with Crippen LogP contribution in [0.5, 0.6) is 0 Å². The summed E-state index contributed by atoms with van der Waals surface area (Å²) in [5, 5.41) is 3.11. The SMILES string of the molecule is CCOC(=O)c1ccc(NC(=O)C[C@@H]2C(=O)N(c3ccc(F)cc3)C(=S)N2CCN2CCC(C)CC2)cc1. The first-order chi connectivity index (χ1) is 18.3. The average Bonchev–Trinajstić information content (AvgIpc) is 3.13. The zero-order valence-electron chi connectivity index (χ0n) is 21.7. The van der Waals surface area contributed by atoms with Crippen molar-refractivity contribution in [1.82, 2.24) is 9.80 Å². The van der Waals surface area contributed by atoms with E-state index < -0.39 is 17.8 Å². The maximum absolute atomic E-state index is 13.5. The molecule has 2 aliphatic heterocycles. The van der Waals surface area contributed by atoms with Crippen LogP contribution < -0.4 is 10.2 Å². The van der Waals surface area contributed by atoms with Gasteiger partial charge in [-0.2, -0.15) is 0 Å². The highest BCUT2D eigenvalue weighted by Crippen LogP contribution is 2.28. The molecule has 2 heterocycles. The number of hydrogen-bond donors (Lipinski definition) is 1. The molecule has 38 heavy (non-hydrogen) atoms. The normalized spacial score (nSPS) is 18.7. The summed E-state index contributed by atoms with van der Waals surface area (Å²) >= 11 is 5.70. The molecule has 2 amide bonds. The van der Waals surface area contributed by atoms with E-state index in [1.807, 2.05) is 4.90 Å². The zero-order valence-corrected chi connectivity index (χ0v) is 22.5. The summed E-state index contributed by atoms with van der Waals surface area (Å²) in [6.07, 6.45) is 2.16. The Bertz CT molecular complexity index is 1170. The summed E-state index contributed by atoms with van der Waals surface area (Å²) in [6, 6.07) is 11.2. The highest BCUT2D eigenvalue weighted by Gasteiger charge is 2.44. The quantitative estimate of drug-likeness (QED) is 0.379. The van der Waals surface area contributed by atoms with E-state index >= 15 is 0 Å². The van der Waals surface area contributed by atoms with Gasteiger partial charge < -0.3 is 19.9 Å². The lowest BCUT2D eigenvalue weighted by Crippen LogP contribution is -2.44. The van der Waals surface area contributed by atoms with E-state index in [-0.39, 0.29) is 24.8 Å². The summed E-state index contributed by atoms with van der Waals surface area (Å²) in [7, 11) is 0. The van der Waals surface area contributed by atoms with Gasteiger partial charge in [0.2, 0.25) is 5.91 Å². The van der Waals surface area contributed by atoms with E-state index in [4.69, 9.17) is 17.0 Å². The largest absolute Gasteiger partial charge is 0.462 e. The third-order valence-electron chi connectivity index (χ3n) is 7.00. The standard InChI is InChI=1S/C28H33FN4O4S/c1-3-37-27(36)20-4-8-22(9-5-20)30-25(34)18-24-26(35)33(23-10-6-21(29)7-11-23)28(38)32(24)17-16-31-14-12-19(2)13-15-31/h4-11,19,24H,3,12-18H2,1-2H3,(H,30,34)/t24-/m1/s1. The number of amides is 2. The number of hydrogen-bond acceptors (Lipinski definition) is 6. The Kier molecular flexibility index (Phi) is 9.06. The highest BCUT2D eigenvalue weighted by atomic mass is 32.1. The Morgan fingerprint density at radius 3 is 2.34 bits per heavy atom. The van der Waals surface area contributed by atoms with Crippen molar-refractivity contribution in [2.75, 3.05) is 43.0 Å². The molecule has 10 heteroatoms. The van der Waals surface area contributed by atoms with Gasteiger partial charge >= 0.3 is 5.97 Å². The molecule has 2 aliphatic rings. The topological polar surface area (TPSA) is 82.2 Å². The first-order valence-electron chi connectivity index (χ1n) is 13.0. The lowest BCUT2D eigenvalue weighted by molar-refractivity contribution is -0.124. The van der Waals surface area contributed by atoms with Gasteiger partial charge in [0.25, 0.3) is 5.91 Å². The van der Waals surface area contributed by atoms with E-state index in [0.717, 1.165) is 32.5 Å². The molecule has 0 bridgehead atoms. The van der Waals surface area contributed by atoms with Gasteiger partial charge in [-0.1, -0.05) is 6.92 Å². The summed E-state index contributed by atoms with van der Waals surface area (Å²) < 4.78 is 18.5. The van der Waals surface area contributed by atoms with Crippen molar-refractivity contribution in [3.05, 3.63) is 59.9 Å². The summed E-state index contributed by atoms with van der Waals surface area (Å²) in [5.74, 6) is -0.811. The molecule has 2 aromatic carbocycles. The van der Waals surface area contributed by atoms with Crippen LogP contribution >= 0.6 is 12.2 Å². The fourth-order valence-electron chi connectivity index (χ4n) is 4.74. The van der Waals surface area contributed by atoms with Crippen LogP contribution in [0.4, 0.5) is 15.8 Å². The van der Waals surface area contributed by atoms with E-state index in [0.29, 0.717) is 34.5 Å². The molecule has 202 valence electrons.